The van der Waals surface area contributed by atoms with Gasteiger partial charge >= 0.3 is 0 Å². The largest absolute Gasteiger partial charge is 0.491 e. The Morgan fingerprint density at radius 3 is 2.47 bits per heavy atom. The lowest BCUT2D eigenvalue weighted by molar-refractivity contribution is 0.0413. The third-order valence-corrected chi connectivity index (χ3v) is 3.68. The Hall–Kier alpha value is -0.730. The topological polar surface area (TPSA) is 29.5 Å². The summed E-state index contributed by atoms with van der Waals surface area (Å²) in [7, 11) is 0. The van der Waals surface area contributed by atoms with Crippen LogP contribution in [-0.4, -0.2) is 17.8 Å². The highest BCUT2D eigenvalue weighted by Crippen LogP contribution is 2.27. The van der Waals surface area contributed by atoms with E-state index in [1.54, 1.807) is 12.1 Å². The van der Waals surface area contributed by atoms with Gasteiger partial charge < -0.3 is 9.84 Å². The molecule has 1 aromatic carbocycles. The Balaban J connectivity index is 1.78. The lowest BCUT2D eigenvalue weighted by atomic mass is 9.85. The van der Waals surface area contributed by atoms with E-state index < -0.39 is 0 Å². The Labute approximate surface area is 108 Å². The number of aliphatic hydroxyl groups is 1. The van der Waals surface area contributed by atoms with E-state index in [0.717, 1.165) is 18.6 Å². The van der Waals surface area contributed by atoms with Crippen molar-refractivity contribution in [3.8, 4) is 5.75 Å². The van der Waals surface area contributed by atoms with Gasteiger partial charge in [0.2, 0.25) is 0 Å². The number of halogens is 1. The van der Waals surface area contributed by atoms with E-state index in [9.17, 15) is 5.11 Å². The predicted molar refractivity (Wildman–Crippen MR) is 69.5 cm³/mol. The van der Waals surface area contributed by atoms with Gasteiger partial charge in [-0.15, -0.1) is 0 Å². The van der Waals surface area contributed by atoms with Gasteiger partial charge in [-0.1, -0.05) is 30.9 Å². The molecule has 1 saturated carbocycles. The first kappa shape index (κ1) is 12.7. The highest BCUT2D eigenvalue weighted by atomic mass is 35.5. The lowest BCUT2D eigenvalue weighted by Gasteiger charge is -2.26. The minimum atomic E-state index is -0.342. The molecule has 1 atom stereocenters. The maximum absolute atomic E-state index is 10.0. The molecule has 1 aliphatic rings. The molecule has 2 rings (SSSR count). The number of hydrogen-bond acceptors (Lipinski definition) is 2. The van der Waals surface area contributed by atoms with Crippen LogP contribution < -0.4 is 4.74 Å². The van der Waals surface area contributed by atoms with E-state index in [-0.39, 0.29) is 6.10 Å². The first-order chi connectivity index (χ1) is 8.25. The number of benzene rings is 1. The highest BCUT2D eigenvalue weighted by Gasteiger charge is 2.21. The molecule has 0 heterocycles. The van der Waals surface area contributed by atoms with Crippen molar-refractivity contribution in [2.24, 2.45) is 5.92 Å². The third kappa shape index (κ3) is 3.90. The van der Waals surface area contributed by atoms with Gasteiger partial charge in [0.05, 0.1) is 6.10 Å². The Morgan fingerprint density at radius 2 is 1.82 bits per heavy atom. The average Bonchev–Trinajstić information content (AvgIpc) is 2.39. The zero-order valence-corrected chi connectivity index (χ0v) is 10.7. The molecule has 3 heteroatoms. The molecule has 17 heavy (non-hydrogen) atoms. The summed E-state index contributed by atoms with van der Waals surface area (Å²) in [4.78, 5) is 0. The van der Waals surface area contributed by atoms with Crippen molar-refractivity contribution in [2.75, 3.05) is 6.61 Å². The number of aliphatic hydroxyl groups excluding tert-OH is 1. The zero-order chi connectivity index (χ0) is 12.1. The average molecular weight is 255 g/mol. The summed E-state index contributed by atoms with van der Waals surface area (Å²) >= 11 is 5.79. The van der Waals surface area contributed by atoms with Gasteiger partial charge in [0.25, 0.3) is 0 Å². The Kier molecular flexibility index (Phi) is 4.69. The van der Waals surface area contributed by atoms with Crippen molar-refractivity contribution in [1.82, 2.24) is 0 Å². The van der Waals surface area contributed by atoms with E-state index in [1.807, 2.05) is 12.1 Å². The third-order valence-electron chi connectivity index (χ3n) is 3.43. The fourth-order valence-electron chi connectivity index (χ4n) is 2.37. The van der Waals surface area contributed by atoms with Crippen LogP contribution in [0.3, 0.4) is 0 Å². The van der Waals surface area contributed by atoms with E-state index in [2.05, 4.69) is 0 Å². The van der Waals surface area contributed by atoms with Crippen molar-refractivity contribution in [2.45, 2.75) is 38.2 Å². The standard InChI is InChI=1S/C14H19ClO2/c15-12-6-8-13(9-7-12)17-10-14(16)11-4-2-1-3-5-11/h6-9,11,14,16H,1-5,10H2. The molecule has 2 nitrogen and oxygen atoms in total. The van der Waals surface area contributed by atoms with Crippen LogP contribution in [0.4, 0.5) is 0 Å². The number of rotatable bonds is 4. The summed E-state index contributed by atoms with van der Waals surface area (Å²) in [5, 5.41) is 10.7. The second-order valence-corrected chi connectivity index (χ2v) is 5.17. The van der Waals surface area contributed by atoms with Crippen LogP contribution in [0.15, 0.2) is 24.3 Å². The van der Waals surface area contributed by atoms with Gasteiger partial charge in [-0.05, 0) is 43.0 Å². The van der Waals surface area contributed by atoms with Crippen LogP contribution in [0, 0.1) is 5.92 Å². The normalized spacial score (nSPS) is 18.9. The van der Waals surface area contributed by atoms with Crippen molar-refractivity contribution in [3.63, 3.8) is 0 Å². The fourth-order valence-corrected chi connectivity index (χ4v) is 2.49. The summed E-state index contributed by atoms with van der Waals surface area (Å²) < 4.78 is 5.57. The summed E-state index contributed by atoms with van der Waals surface area (Å²) in [6.07, 6.45) is 5.70. The summed E-state index contributed by atoms with van der Waals surface area (Å²) in [5.41, 5.74) is 0. The fraction of sp³-hybridized carbons (Fsp3) is 0.571. The zero-order valence-electron chi connectivity index (χ0n) is 9.94. The van der Waals surface area contributed by atoms with E-state index in [4.69, 9.17) is 16.3 Å². The SMILES string of the molecule is OC(COc1ccc(Cl)cc1)C1CCCCC1. The smallest absolute Gasteiger partial charge is 0.119 e. The molecule has 0 amide bonds. The predicted octanol–water partition coefficient (Wildman–Crippen LogP) is 3.66. The van der Waals surface area contributed by atoms with Gasteiger partial charge in [-0.25, -0.2) is 0 Å². The molecule has 0 aromatic heterocycles. The van der Waals surface area contributed by atoms with Crippen LogP contribution in [0.5, 0.6) is 5.75 Å². The number of hydrogen-bond donors (Lipinski definition) is 1. The van der Waals surface area contributed by atoms with Crippen molar-refractivity contribution in [3.05, 3.63) is 29.3 Å². The van der Waals surface area contributed by atoms with Crippen LogP contribution in [0.2, 0.25) is 5.02 Å². The second kappa shape index (κ2) is 6.27. The maximum Gasteiger partial charge on any atom is 0.119 e. The summed E-state index contributed by atoms with van der Waals surface area (Å²) in [5.74, 6) is 1.18. The minimum absolute atomic E-state index is 0.342. The quantitative estimate of drug-likeness (QED) is 0.889. The van der Waals surface area contributed by atoms with Gasteiger partial charge in [-0.2, -0.15) is 0 Å². The Morgan fingerprint density at radius 1 is 1.18 bits per heavy atom. The molecular formula is C14H19ClO2. The minimum Gasteiger partial charge on any atom is -0.491 e. The molecule has 1 fully saturated rings. The van der Waals surface area contributed by atoms with Gasteiger partial charge in [0.15, 0.2) is 0 Å². The van der Waals surface area contributed by atoms with Crippen molar-refractivity contribution in [1.29, 1.82) is 0 Å². The van der Waals surface area contributed by atoms with Gasteiger partial charge in [0.1, 0.15) is 12.4 Å². The van der Waals surface area contributed by atoms with Gasteiger partial charge in [0, 0.05) is 5.02 Å². The van der Waals surface area contributed by atoms with Crippen LogP contribution in [0.25, 0.3) is 0 Å². The van der Waals surface area contributed by atoms with Crippen LogP contribution in [-0.2, 0) is 0 Å². The summed E-state index contributed by atoms with van der Waals surface area (Å²) in [6, 6.07) is 7.25. The highest BCUT2D eigenvalue weighted by molar-refractivity contribution is 6.30. The first-order valence-corrected chi connectivity index (χ1v) is 6.70. The van der Waals surface area contributed by atoms with E-state index in [1.165, 1.54) is 19.3 Å². The molecule has 0 bridgehead atoms. The van der Waals surface area contributed by atoms with Gasteiger partial charge in [-0.3, -0.25) is 0 Å². The lowest BCUT2D eigenvalue weighted by Crippen LogP contribution is -2.28. The first-order valence-electron chi connectivity index (χ1n) is 6.32. The molecule has 1 N–H and O–H groups in total. The maximum atomic E-state index is 10.0. The van der Waals surface area contributed by atoms with Crippen molar-refractivity contribution < 1.29 is 9.84 Å². The van der Waals surface area contributed by atoms with Crippen LogP contribution in [0.1, 0.15) is 32.1 Å². The number of ether oxygens (including phenoxy) is 1. The summed E-state index contributed by atoms with van der Waals surface area (Å²) in [6.45, 7) is 0.381. The van der Waals surface area contributed by atoms with Crippen LogP contribution >= 0.6 is 11.6 Å². The molecule has 0 saturated heterocycles. The monoisotopic (exact) mass is 254 g/mol. The molecule has 1 unspecified atom stereocenters. The molecule has 0 spiro atoms. The molecule has 0 aliphatic heterocycles. The van der Waals surface area contributed by atoms with E-state index >= 15 is 0 Å². The molecule has 94 valence electrons. The molecule has 1 aromatic rings. The van der Waals surface area contributed by atoms with Crippen molar-refractivity contribution >= 4 is 11.6 Å². The van der Waals surface area contributed by atoms with E-state index in [0.29, 0.717) is 17.5 Å². The molecule has 1 aliphatic carbocycles. The molecule has 0 radical (unpaired) electrons. The molecular weight excluding hydrogens is 236 g/mol. The Bertz CT molecular complexity index is 331. The second-order valence-electron chi connectivity index (χ2n) is 4.73.